The molecule has 1 fully saturated rings. The van der Waals surface area contributed by atoms with Crippen molar-refractivity contribution < 1.29 is 5.11 Å². The van der Waals surface area contributed by atoms with Crippen molar-refractivity contribution >= 4 is 15.9 Å². The third-order valence-electron chi connectivity index (χ3n) is 5.00. The standard InChI is InChI=1S/C14H23BrN2O/c1-6-7-17-10(9(15)8-16-17)11(18)12-13(2,3)14(12,4)5/h8,11-12,18H,6-7H2,1-5H3. The number of aliphatic hydroxyl groups excluding tert-OH is 1. The summed E-state index contributed by atoms with van der Waals surface area (Å²) in [6.07, 6.45) is 2.36. The summed E-state index contributed by atoms with van der Waals surface area (Å²) in [6.45, 7) is 11.9. The van der Waals surface area contributed by atoms with Crippen molar-refractivity contribution in [2.75, 3.05) is 0 Å². The van der Waals surface area contributed by atoms with Crippen molar-refractivity contribution in [3.63, 3.8) is 0 Å². The molecule has 1 N–H and O–H groups in total. The highest BCUT2D eigenvalue weighted by Gasteiger charge is 2.67. The zero-order valence-electron chi connectivity index (χ0n) is 11.9. The van der Waals surface area contributed by atoms with Crippen molar-refractivity contribution in [3.05, 3.63) is 16.4 Å². The first-order chi connectivity index (χ1) is 8.25. The Labute approximate surface area is 118 Å². The van der Waals surface area contributed by atoms with E-state index >= 15 is 0 Å². The molecular formula is C14H23BrN2O. The summed E-state index contributed by atoms with van der Waals surface area (Å²) < 4.78 is 2.85. The lowest BCUT2D eigenvalue weighted by molar-refractivity contribution is 0.120. The number of aryl methyl sites for hydroxylation is 1. The van der Waals surface area contributed by atoms with Crippen molar-refractivity contribution in [3.8, 4) is 0 Å². The predicted octanol–water partition coefficient (Wildman–Crippen LogP) is 3.77. The smallest absolute Gasteiger partial charge is 0.101 e. The Kier molecular flexibility index (Phi) is 3.39. The van der Waals surface area contributed by atoms with Gasteiger partial charge >= 0.3 is 0 Å². The maximum Gasteiger partial charge on any atom is 0.101 e. The Balaban J connectivity index is 2.31. The Bertz CT molecular complexity index is 437. The maximum absolute atomic E-state index is 10.7. The van der Waals surface area contributed by atoms with Crippen LogP contribution in [-0.2, 0) is 6.54 Å². The van der Waals surface area contributed by atoms with Gasteiger partial charge in [0.2, 0.25) is 0 Å². The zero-order chi connectivity index (χ0) is 13.7. The van der Waals surface area contributed by atoms with Gasteiger partial charge in [-0.2, -0.15) is 5.10 Å². The average Bonchev–Trinajstić information content (AvgIpc) is 2.55. The number of hydrogen-bond acceptors (Lipinski definition) is 2. The van der Waals surface area contributed by atoms with E-state index in [0.717, 1.165) is 23.1 Å². The summed E-state index contributed by atoms with van der Waals surface area (Å²) in [6, 6.07) is 0. The van der Waals surface area contributed by atoms with Crippen molar-refractivity contribution in [1.82, 2.24) is 9.78 Å². The van der Waals surface area contributed by atoms with Gasteiger partial charge in [-0.05, 0) is 33.2 Å². The van der Waals surface area contributed by atoms with E-state index in [1.165, 1.54) is 0 Å². The summed E-state index contributed by atoms with van der Waals surface area (Å²) in [5, 5.41) is 15.1. The molecule has 1 saturated carbocycles. The monoisotopic (exact) mass is 314 g/mol. The molecule has 1 heterocycles. The molecule has 1 aliphatic carbocycles. The van der Waals surface area contributed by atoms with Crippen LogP contribution in [0.3, 0.4) is 0 Å². The maximum atomic E-state index is 10.7. The van der Waals surface area contributed by atoms with Gasteiger partial charge in [-0.1, -0.05) is 34.6 Å². The molecule has 1 aromatic heterocycles. The van der Waals surface area contributed by atoms with Crippen molar-refractivity contribution in [2.24, 2.45) is 16.7 Å². The third kappa shape index (κ3) is 1.85. The molecule has 3 nitrogen and oxygen atoms in total. The van der Waals surface area contributed by atoms with Crippen LogP contribution in [0.4, 0.5) is 0 Å². The summed E-state index contributed by atoms with van der Waals surface area (Å²) in [7, 11) is 0. The van der Waals surface area contributed by atoms with Crippen LogP contribution in [0.2, 0.25) is 0 Å². The number of aliphatic hydroxyl groups is 1. The van der Waals surface area contributed by atoms with E-state index < -0.39 is 6.10 Å². The van der Waals surface area contributed by atoms with Gasteiger partial charge in [0, 0.05) is 12.5 Å². The van der Waals surface area contributed by atoms with E-state index in [2.05, 4.69) is 55.6 Å². The van der Waals surface area contributed by atoms with Crippen LogP contribution in [0.5, 0.6) is 0 Å². The lowest BCUT2D eigenvalue weighted by Gasteiger charge is -2.15. The number of hydrogen-bond donors (Lipinski definition) is 1. The molecule has 102 valence electrons. The van der Waals surface area contributed by atoms with Gasteiger partial charge in [0.1, 0.15) is 6.10 Å². The minimum absolute atomic E-state index is 0.174. The van der Waals surface area contributed by atoms with Crippen molar-refractivity contribution in [1.29, 1.82) is 0 Å². The molecule has 18 heavy (non-hydrogen) atoms. The zero-order valence-corrected chi connectivity index (χ0v) is 13.5. The first-order valence-electron chi connectivity index (χ1n) is 6.64. The van der Waals surface area contributed by atoms with Gasteiger partial charge in [-0.3, -0.25) is 4.68 Å². The number of rotatable bonds is 4. The summed E-state index contributed by atoms with van der Waals surface area (Å²) >= 11 is 3.52. The van der Waals surface area contributed by atoms with Gasteiger partial charge in [-0.25, -0.2) is 0 Å². The highest BCUT2D eigenvalue weighted by molar-refractivity contribution is 9.10. The lowest BCUT2D eigenvalue weighted by atomic mass is 10.0. The largest absolute Gasteiger partial charge is 0.386 e. The number of halogens is 1. The average molecular weight is 315 g/mol. The van der Waals surface area contributed by atoms with E-state index in [4.69, 9.17) is 0 Å². The van der Waals surface area contributed by atoms with Crippen LogP contribution < -0.4 is 0 Å². The molecule has 0 amide bonds. The van der Waals surface area contributed by atoms with E-state index in [0.29, 0.717) is 0 Å². The summed E-state index contributed by atoms with van der Waals surface area (Å²) in [5.41, 5.74) is 1.28. The normalized spacial score (nSPS) is 23.1. The highest BCUT2D eigenvalue weighted by atomic mass is 79.9. The SMILES string of the molecule is CCCn1ncc(Br)c1C(O)C1C(C)(C)C1(C)C. The van der Waals surface area contributed by atoms with Crippen LogP contribution in [0.15, 0.2) is 10.7 Å². The molecule has 4 heteroatoms. The lowest BCUT2D eigenvalue weighted by Crippen LogP contribution is -2.13. The van der Waals surface area contributed by atoms with Gasteiger partial charge in [0.15, 0.2) is 0 Å². The molecule has 1 atom stereocenters. The molecule has 0 aliphatic heterocycles. The number of aromatic nitrogens is 2. The van der Waals surface area contributed by atoms with Gasteiger partial charge in [0.05, 0.1) is 16.4 Å². The third-order valence-corrected chi connectivity index (χ3v) is 5.61. The van der Waals surface area contributed by atoms with Crippen LogP contribution in [0.1, 0.15) is 52.8 Å². The molecule has 1 unspecified atom stereocenters. The highest BCUT2D eigenvalue weighted by Crippen LogP contribution is 2.72. The van der Waals surface area contributed by atoms with Gasteiger partial charge in [0.25, 0.3) is 0 Å². The van der Waals surface area contributed by atoms with Gasteiger partial charge < -0.3 is 5.11 Å². The number of nitrogens with zero attached hydrogens (tertiary/aromatic N) is 2. The molecule has 0 saturated heterocycles. The first-order valence-corrected chi connectivity index (χ1v) is 7.43. The second-order valence-corrected chi connectivity index (χ2v) is 7.32. The Morgan fingerprint density at radius 3 is 2.39 bits per heavy atom. The van der Waals surface area contributed by atoms with E-state index in [9.17, 15) is 5.11 Å². The van der Waals surface area contributed by atoms with Crippen molar-refractivity contribution in [2.45, 2.75) is 53.7 Å². The summed E-state index contributed by atoms with van der Waals surface area (Å²) in [5.74, 6) is 0.286. The second kappa shape index (κ2) is 4.34. The van der Waals surface area contributed by atoms with E-state index in [1.807, 2.05) is 4.68 Å². The molecule has 1 aromatic rings. The van der Waals surface area contributed by atoms with E-state index in [1.54, 1.807) is 6.20 Å². The molecular weight excluding hydrogens is 292 g/mol. The fourth-order valence-corrected chi connectivity index (χ4v) is 3.78. The minimum Gasteiger partial charge on any atom is -0.386 e. The van der Waals surface area contributed by atoms with Crippen LogP contribution in [0, 0.1) is 16.7 Å². The fourth-order valence-electron chi connectivity index (χ4n) is 3.25. The Hall–Kier alpha value is -0.350. The topological polar surface area (TPSA) is 38.0 Å². The predicted molar refractivity (Wildman–Crippen MR) is 76.2 cm³/mol. The molecule has 0 radical (unpaired) electrons. The molecule has 0 spiro atoms. The first kappa shape index (κ1) is 14.1. The van der Waals surface area contributed by atoms with Gasteiger partial charge in [-0.15, -0.1) is 0 Å². The second-order valence-electron chi connectivity index (χ2n) is 6.47. The minimum atomic E-state index is -0.446. The molecule has 2 rings (SSSR count). The van der Waals surface area contributed by atoms with Crippen LogP contribution in [0.25, 0.3) is 0 Å². The van der Waals surface area contributed by atoms with Crippen LogP contribution in [-0.4, -0.2) is 14.9 Å². The Morgan fingerprint density at radius 1 is 1.39 bits per heavy atom. The van der Waals surface area contributed by atoms with E-state index in [-0.39, 0.29) is 16.7 Å². The fraction of sp³-hybridized carbons (Fsp3) is 0.786. The molecule has 0 aromatic carbocycles. The quantitative estimate of drug-likeness (QED) is 0.918. The molecule has 1 aliphatic rings. The van der Waals surface area contributed by atoms with Crippen LogP contribution >= 0.6 is 15.9 Å². The molecule has 0 bridgehead atoms. The summed E-state index contributed by atoms with van der Waals surface area (Å²) in [4.78, 5) is 0. The Morgan fingerprint density at radius 2 is 1.94 bits per heavy atom.